The molecule has 0 aromatic heterocycles. The lowest BCUT2D eigenvalue weighted by molar-refractivity contribution is -0.149. The zero-order chi connectivity index (χ0) is 18.2. The van der Waals surface area contributed by atoms with Gasteiger partial charge in [-0.15, -0.1) is 0 Å². The number of benzene rings is 1. The van der Waals surface area contributed by atoms with E-state index in [0.717, 1.165) is 0 Å². The number of carbonyl (C=O) groups is 3. The first kappa shape index (κ1) is 19.2. The SMILES string of the molecule is CCOC(=O)C1CCN(CC(=O)NNC(=O)c2ccccc2Cl)CC1. The molecule has 1 aromatic carbocycles. The highest BCUT2D eigenvalue weighted by molar-refractivity contribution is 6.33. The minimum atomic E-state index is -0.472. The van der Waals surface area contributed by atoms with E-state index in [4.69, 9.17) is 16.3 Å². The Morgan fingerprint density at radius 2 is 1.88 bits per heavy atom. The summed E-state index contributed by atoms with van der Waals surface area (Å²) in [5, 5.41) is 0.315. The molecule has 2 amide bonds. The number of amides is 2. The van der Waals surface area contributed by atoms with E-state index in [1.807, 2.05) is 4.90 Å². The molecule has 0 aliphatic carbocycles. The van der Waals surface area contributed by atoms with Gasteiger partial charge >= 0.3 is 5.97 Å². The Morgan fingerprint density at radius 3 is 2.52 bits per heavy atom. The Morgan fingerprint density at radius 1 is 1.20 bits per heavy atom. The van der Waals surface area contributed by atoms with Crippen LogP contribution < -0.4 is 10.9 Å². The quantitative estimate of drug-likeness (QED) is 0.606. The molecular formula is C17H22ClN3O4. The summed E-state index contributed by atoms with van der Waals surface area (Å²) in [4.78, 5) is 37.5. The van der Waals surface area contributed by atoms with Crippen molar-refractivity contribution in [1.82, 2.24) is 15.8 Å². The third kappa shape index (κ3) is 5.72. The van der Waals surface area contributed by atoms with E-state index >= 15 is 0 Å². The van der Waals surface area contributed by atoms with E-state index in [9.17, 15) is 14.4 Å². The van der Waals surface area contributed by atoms with E-state index in [-0.39, 0.29) is 24.3 Å². The first-order chi connectivity index (χ1) is 12.0. The summed E-state index contributed by atoms with van der Waals surface area (Å²) in [6.07, 6.45) is 1.33. The number of carbonyl (C=O) groups excluding carboxylic acids is 3. The molecular weight excluding hydrogens is 346 g/mol. The average Bonchev–Trinajstić information content (AvgIpc) is 2.61. The van der Waals surface area contributed by atoms with E-state index in [2.05, 4.69) is 10.9 Å². The van der Waals surface area contributed by atoms with Crippen molar-refractivity contribution in [3.05, 3.63) is 34.9 Å². The van der Waals surface area contributed by atoms with Gasteiger partial charge in [-0.1, -0.05) is 23.7 Å². The second-order valence-electron chi connectivity index (χ2n) is 5.78. The molecule has 25 heavy (non-hydrogen) atoms. The van der Waals surface area contributed by atoms with Gasteiger partial charge in [0, 0.05) is 0 Å². The Balaban J connectivity index is 1.72. The number of piperidine rings is 1. The van der Waals surface area contributed by atoms with Gasteiger partial charge in [-0.3, -0.25) is 30.1 Å². The second kappa shape index (κ2) is 9.39. The highest BCUT2D eigenvalue weighted by atomic mass is 35.5. The minimum Gasteiger partial charge on any atom is -0.466 e. The number of rotatable bonds is 5. The molecule has 0 saturated carbocycles. The van der Waals surface area contributed by atoms with Gasteiger partial charge in [-0.05, 0) is 45.0 Å². The van der Waals surface area contributed by atoms with Gasteiger partial charge < -0.3 is 4.74 Å². The van der Waals surface area contributed by atoms with Crippen molar-refractivity contribution >= 4 is 29.4 Å². The number of hydrogen-bond acceptors (Lipinski definition) is 5. The molecule has 0 spiro atoms. The van der Waals surface area contributed by atoms with Gasteiger partial charge in [0.05, 0.1) is 29.7 Å². The molecule has 1 saturated heterocycles. The number of hydrogen-bond donors (Lipinski definition) is 2. The third-order valence-corrected chi connectivity index (χ3v) is 4.34. The zero-order valence-electron chi connectivity index (χ0n) is 14.1. The number of hydrazine groups is 1. The van der Waals surface area contributed by atoms with Crippen LogP contribution in [0.15, 0.2) is 24.3 Å². The number of nitrogens with one attached hydrogen (secondary N) is 2. The topological polar surface area (TPSA) is 87.7 Å². The van der Waals surface area contributed by atoms with E-state index in [1.54, 1.807) is 31.2 Å². The van der Waals surface area contributed by atoms with Crippen molar-refractivity contribution in [3.63, 3.8) is 0 Å². The number of nitrogens with zero attached hydrogens (tertiary/aromatic N) is 1. The molecule has 0 radical (unpaired) electrons. The van der Waals surface area contributed by atoms with Crippen LogP contribution in [-0.2, 0) is 14.3 Å². The summed E-state index contributed by atoms with van der Waals surface area (Å²) >= 11 is 5.93. The fraction of sp³-hybridized carbons (Fsp3) is 0.471. The smallest absolute Gasteiger partial charge is 0.309 e. The van der Waals surface area contributed by atoms with Crippen LogP contribution in [-0.4, -0.2) is 48.9 Å². The highest BCUT2D eigenvalue weighted by Crippen LogP contribution is 2.18. The van der Waals surface area contributed by atoms with Gasteiger partial charge in [0.1, 0.15) is 0 Å². The lowest BCUT2D eigenvalue weighted by Gasteiger charge is -2.30. The largest absolute Gasteiger partial charge is 0.466 e. The van der Waals surface area contributed by atoms with Crippen molar-refractivity contribution < 1.29 is 19.1 Å². The predicted octanol–water partition coefficient (Wildman–Crippen LogP) is 1.38. The molecule has 0 bridgehead atoms. The summed E-state index contributed by atoms with van der Waals surface area (Å²) in [5.41, 5.74) is 5.02. The first-order valence-corrected chi connectivity index (χ1v) is 8.61. The second-order valence-corrected chi connectivity index (χ2v) is 6.19. The molecule has 1 aliphatic heterocycles. The number of likely N-dealkylation sites (tertiary alicyclic amines) is 1. The molecule has 0 unspecified atom stereocenters. The van der Waals surface area contributed by atoms with Crippen LogP contribution in [0.2, 0.25) is 5.02 Å². The normalized spacial score (nSPS) is 15.4. The van der Waals surface area contributed by atoms with Gasteiger partial charge in [0.2, 0.25) is 0 Å². The highest BCUT2D eigenvalue weighted by Gasteiger charge is 2.26. The molecule has 7 nitrogen and oxygen atoms in total. The van der Waals surface area contributed by atoms with Crippen LogP contribution in [0, 0.1) is 5.92 Å². The maximum absolute atomic E-state index is 12.0. The van der Waals surface area contributed by atoms with E-state index < -0.39 is 5.91 Å². The molecule has 1 fully saturated rings. The third-order valence-electron chi connectivity index (χ3n) is 4.01. The number of esters is 1. The minimum absolute atomic E-state index is 0.0980. The molecule has 2 rings (SSSR count). The fourth-order valence-electron chi connectivity index (χ4n) is 2.67. The molecule has 0 atom stereocenters. The van der Waals surface area contributed by atoms with E-state index in [1.165, 1.54) is 0 Å². The maximum atomic E-state index is 12.0. The summed E-state index contributed by atoms with van der Waals surface area (Å²) in [7, 11) is 0. The number of ether oxygens (including phenoxy) is 1. The van der Waals surface area contributed by atoms with Crippen LogP contribution >= 0.6 is 11.6 Å². The van der Waals surface area contributed by atoms with Crippen molar-refractivity contribution in [2.24, 2.45) is 5.92 Å². The Labute approximate surface area is 151 Å². The van der Waals surface area contributed by atoms with Crippen molar-refractivity contribution in [2.45, 2.75) is 19.8 Å². The summed E-state index contributed by atoms with van der Waals surface area (Å²) in [6.45, 7) is 3.59. The van der Waals surface area contributed by atoms with Crippen LogP contribution in [0.4, 0.5) is 0 Å². The monoisotopic (exact) mass is 367 g/mol. The Bertz CT molecular complexity index is 630. The van der Waals surface area contributed by atoms with Crippen molar-refractivity contribution in [2.75, 3.05) is 26.2 Å². The number of halogens is 1. The lowest BCUT2D eigenvalue weighted by atomic mass is 9.97. The molecule has 8 heteroatoms. The van der Waals surface area contributed by atoms with Crippen molar-refractivity contribution in [3.8, 4) is 0 Å². The summed E-state index contributed by atoms with van der Waals surface area (Å²) in [6, 6.07) is 6.59. The zero-order valence-corrected chi connectivity index (χ0v) is 14.8. The van der Waals surface area contributed by atoms with Crippen LogP contribution in [0.25, 0.3) is 0 Å². The summed E-state index contributed by atoms with van der Waals surface area (Å²) < 4.78 is 5.02. The Kier molecular flexibility index (Phi) is 7.21. The van der Waals surface area contributed by atoms with Gasteiger partial charge in [-0.25, -0.2) is 0 Å². The van der Waals surface area contributed by atoms with E-state index in [0.29, 0.717) is 43.1 Å². The summed E-state index contributed by atoms with van der Waals surface area (Å²) in [5.74, 6) is -1.06. The maximum Gasteiger partial charge on any atom is 0.309 e. The molecule has 1 heterocycles. The molecule has 136 valence electrons. The molecule has 1 aliphatic rings. The molecule has 1 aromatic rings. The predicted molar refractivity (Wildman–Crippen MR) is 92.9 cm³/mol. The lowest BCUT2D eigenvalue weighted by Crippen LogP contribution is -2.48. The van der Waals surface area contributed by atoms with Crippen molar-refractivity contribution in [1.29, 1.82) is 0 Å². The average molecular weight is 368 g/mol. The first-order valence-electron chi connectivity index (χ1n) is 8.24. The van der Waals surface area contributed by atoms with Crippen LogP contribution in [0.1, 0.15) is 30.1 Å². The van der Waals surface area contributed by atoms with Gasteiger partial charge in [-0.2, -0.15) is 0 Å². The van der Waals surface area contributed by atoms with Crippen LogP contribution in [0.5, 0.6) is 0 Å². The Hall–Kier alpha value is -2.12. The standard InChI is InChI=1S/C17H22ClN3O4/c1-2-25-17(24)12-7-9-21(10-8-12)11-15(22)19-20-16(23)13-5-3-4-6-14(13)18/h3-6,12H,2,7-11H2,1H3,(H,19,22)(H,20,23). The van der Waals surface area contributed by atoms with Crippen LogP contribution in [0.3, 0.4) is 0 Å². The fourth-order valence-corrected chi connectivity index (χ4v) is 2.89. The van der Waals surface area contributed by atoms with Gasteiger partial charge in [0.15, 0.2) is 0 Å². The van der Waals surface area contributed by atoms with Gasteiger partial charge in [0.25, 0.3) is 11.8 Å². The molecule has 2 N–H and O–H groups in total.